The highest BCUT2D eigenvalue weighted by Gasteiger charge is 2.70. The Balaban J connectivity index is 0.00000109. The summed E-state index contributed by atoms with van der Waals surface area (Å²) < 4.78 is 0. The maximum atomic E-state index is 13.4. The fourth-order valence-corrected chi connectivity index (χ4v) is 8.23. The van der Waals surface area contributed by atoms with Crippen LogP contribution in [-0.4, -0.2) is 45.1 Å². The fraction of sp³-hybridized carbons (Fsp3) is 0.773. The Labute approximate surface area is 175 Å². The first kappa shape index (κ1) is 21.8. The van der Waals surface area contributed by atoms with E-state index in [0.29, 0.717) is 6.42 Å². The van der Waals surface area contributed by atoms with Gasteiger partial charge < -0.3 is 10.2 Å². The van der Waals surface area contributed by atoms with Crippen LogP contribution in [0.3, 0.4) is 0 Å². The number of hydrogen-bond acceptors (Lipinski definition) is 5. The van der Waals surface area contributed by atoms with Crippen molar-refractivity contribution in [2.75, 3.05) is 7.11 Å². The number of halogens is 1. The van der Waals surface area contributed by atoms with Crippen molar-refractivity contribution in [2.24, 2.45) is 28.6 Å². The third-order valence-corrected chi connectivity index (χ3v) is 9.40. The first-order chi connectivity index (χ1) is 13.1. The Bertz CT molecular complexity index is 745. The minimum atomic E-state index is -1.49. The molecule has 0 aliphatic heterocycles. The van der Waals surface area contributed by atoms with Crippen LogP contribution in [0.5, 0.6) is 0 Å². The smallest absolute Gasteiger partial charge is 0.163 e. The standard InChI is InChI=1S/C21H27BrO4.CH4O/c1-11(23)21(26)17(22)9-15-14-5-4-12-8-13(24)6-7-19(12,2)18(14)16(25)10-20(15,21)3;1-2/h8,14-15,17-18,26H,4-7,9-10H2,1-3H3;2H,1H3/t14-,15-,17-,18+,19-,20-,21+;/m0./s1. The molecule has 0 unspecified atom stereocenters. The van der Waals surface area contributed by atoms with Crippen molar-refractivity contribution in [1.29, 1.82) is 0 Å². The molecule has 3 saturated carbocycles. The van der Waals surface area contributed by atoms with Crippen LogP contribution >= 0.6 is 15.9 Å². The second-order valence-corrected chi connectivity index (χ2v) is 10.5. The molecule has 0 saturated heterocycles. The molecular weight excluding hydrogens is 424 g/mol. The molecular formula is C22H31BrO5. The van der Waals surface area contributed by atoms with Gasteiger partial charge in [0.05, 0.1) is 4.83 Å². The fourth-order valence-electron chi connectivity index (χ4n) is 6.98. The van der Waals surface area contributed by atoms with Crippen LogP contribution in [0.15, 0.2) is 11.6 Å². The molecule has 0 amide bonds. The second kappa shape index (κ2) is 7.13. The van der Waals surface area contributed by atoms with Gasteiger partial charge in [-0.3, -0.25) is 14.4 Å². The highest BCUT2D eigenvalue weighted by molar-refractivity contribution is 9.09. The summed E-state index contributed by atoms with van der Waals surface area (Å²) in [6.07, 6.45) is 5.70. The van der Waals surface area contributed by atoms with Crippen molar-refractivity contribution < 1.29 is 24.6 Å². The van der Waals surface area contributed by atoms with Crippen molar-refractivity contribution in [3.05, 3.63) is 11.6 Å². The van der Waals surface area contributed by atoms with Crippen molar-refractivity contribution in [3.8, 4) is 0 Å². The molecule has 5 nitrogen and oxygen atoms in total. The van der Waals surface area contributed by atoms with Crippen LogP contribution in [0, 0.1) is 28.6 Å². The minimum Gasteiger partial charge on any atom is -0.400 e. The summed E-state index contributed by atoms with van der Waals surface area (Å²) in [4.78, 5) is 37.4. The summed E-state index contributed by atoms with van der Waals surface area (Å²) in [7, 11) is 1.00. The molecule has 28 heavy (non-hydrogen) atoms. The molecule has 0 radical (unpaired) electrons. The van der Waals surface area contributed by atoms with E-state index in [0.717, 1.165) is 38.4 Å². The zero-order valence-corrected chi connectivity index (χ0v) is 18.7. The first-order valence-electron chi connectivity index (χ1n) is 10.1. The van der Waals surface area contributed by atoms with Gasteiger partial charge >= 0.3 is 0 Å². The molecule has 4 aliphatic rings. The molecule has 0 heterocycles. The van der Waals surface area contributed by atoms with Gasteiger partial charge in [-0.15, -0.1) is 0 Å². The van der Waals surface area contributed by atoms with Gasteiger partial charge in [0.2, 0.25) is 0 Å². The maximum Gasteiger partial charge on any atom is 0.163 e. The zero-order valence-electron chi connectivity index (χ0n) is 17.1. The number of alkyl halides is 1. The number of Topliss-reactive ketones (excluding diaryl/α,β-unsaturated/α-hetero) is 2. The average molecular weight is 455 g/mol. The van der Waals surface area contributed by atoms with Gasteiger partial charge in [0.15, 0.2) is 11.6 Å². The Morgan fingerprint density at radius 3 is 2.46 bits per heavy atom. The predicted molar refractivity (Wildman–Crippen MR) is 109 cm³/mol. The lowest BCUT2D eigenvalue weighted by Crippen LogP contribution is -2.61. The second-order valence-electron chi connectivity index (χ2n) is 9.43. The zero-order chi connectivity index (χ0) is 21.1. The summed E-state index contributed by atoms with van der Waals surface area (Å²) in [5.74, 6) is 0.308. The lowest BCUT2D eigenvalue weighted by molar-refractivity contribution is -0.166. The van der Waals surface area contributed by atoms with Crippen molar-refractivity contribution in [2.45, 2.75) is 69.7 Å². The highest BCUT2D eigenvalue weighted by Crippen LogP contribution is 2.67. The molecule has 0 aromatic heterocycles. The van der Waals surface area contributed by atoms with E-state index in [4.69, 9.17) is 5.11 Å². The largest absolute Gasteiger partial charge is 0.400 e. The number of carbonyl (C=O) groups excluding carboxylic acids is 3. The van der Waals surface area contributed by atoms with Gasteiger partial charge in [0.1, 0.15) is 11.4 Å². The minimum absolute atomic E-state index is 0.0947. The number of rotatable bonds is 1. The molecule has 2 N–H and O–H groups in total. The molecule has 4 aliphatic carbocycles. The molecule has 0 aromatic rings. The summed E-state index contributed by atoms with van der Waals surface area (Å²) in [5, 5.41) is 18.3. The topological polar surface area (TPSA) is 91.7 Å². The molecule has 0 bridgehead atoms. The average Bonchev–Trinajstić information content (AvgIpc) is 2.85. The van der Waals surface area contributed by atoms with Gasteiger partial charge in [-0.25, -0.2) is 0 Å². The van der Waals surface area contributed by atoms with E-state index in [2.05, 4.69) is 22.9 Å². The quantitative estimate of drug-likeness (QED) is 0.594. The summed E-state index contributed by atoms with van der Waals surface area (Å²) >= 11 is 3.58. The number of fused-ring (bicyclic) bond motifs is 5. The Morgan fingerprint density at radius 2 is 1.86 bits per heavy atom. The first-order valence-corrected chi connectivity index (χ1v) is 11.1. The number of aliphatic hydroxyl groups is 2. The van der Waals surface area contributed by atoms with Gasteiger partial charge in [0, 0.05) is 31.3 Å². The van der Waals surface area contributed by atoms with E-state index >= 15 is 0 Å². The van der Waals surface area contributed by atoms with E-state index in [1.807, 2.05) is 6.92 Å². The molecule has 0 aromatic carbocycles. The molecule has 156 valence electrons. The van der Waals surface area contributed by atoms with Gasteiger partial charge in [-0.05, 0) is 55.9 Å². The molecule has 4 rings (SSSR count). The van der Waals surface area contributed by atoms with E-state index < -0.39 is 11.0 Å². The Hall–Kier alpha value is -0.850. The van der Waals surface area contributed by atoms with Gasteiger partial charge in [0.25, 0.3) is 0 Å². The van der Waals surface area contributed by atoms with Crippen LogP contribution in [0.1, 0.15) is 59.3 Å². The Morgan fingerprint density at radius 1 is 1.21 bits per heavy atom. The number of carbonyl (C=O) groups is 3. The molecule has 3 fully saturated rings. The van der Waals surface area contributed by atoms with Crippen molar-refractivity contribution in [3.63, 3.8) is 0 Å². The van der Waals surface area contributed by atoms with Crippen molar-refractivity contribution >= 4 is 33.3 Å². The van der Waals surface area contributed by atoms with Crippen LogP contribution in [0.4, 0.5) is 0 Å². The lowest BCUT2D eigenvalue weighted by atomic mass is 9.46. The van der Waals surface area contributed by atoms with E-state index in [-0.39, 0.29) is 51.8 Å². The number of ketones is 3. The lowest BCUT2D eigenvalue weighted by Gasteiger charge is -2.57. The van der Waals surface area contributed by atoms with Gasteiger partial charge in [-0.1, -0.05) is 35.4 Å². The van der Waals surface area contributed by atoms with Crippen LogP contribution in [0.2, 0.25) is 0 Å². The van der Waals surface area contributed by atoms with E-state index in [1.165, 1.54) is 6.92 Å². The summed E-state index contributed by atoms with van der Waals surface area (Å²) in [6.45, 7) is 5.53. The third-order valence-electron chi connectivity index (χ3n) is 8.37. The number of aliphatic hydroxyl groups excluding tert-OH is 1. The van der Waals surface area contributed by atoms with Crippen molar-refractivity contribution in [1.82, 2.24) is 0 Å². The predicted octanol–water partition coefficient (Wildman–Crippen LogP) is 3.00. The summed E-state index contributed by atoms with van der Waals surface area (Å²) in [5.41, 5.74) is -1.30. The molecule has 7 atom stereocenters. The summed E-state index contributed by atoms with van der Waals surface area (Å²) in [6, 6.07) is 0. The number of allylic oxidation sites excluding steroid dienone is 1. The maximum absolute atomic E-state index is 13.4. The highest BCUT2D eigenvalue weighted by atomic mass is 79.9. The molecule has 6 heteroatoms. The monoisotopic (exact) mass is 454 g/mol. The van der Waals surface area contributed by atoms with E-state index in [1.54, 1.807) is 6.08 Å². The van der Waals surface area contributed by atoms with Crippen LogP contribution < -0.4 is 0 Å². The number of hydrogen-bond donors (Lipinski definition) is 2. The van der Waals surface area contributed by atoms with Crippen LogP contribution in [0.25, 0.3) is 0 Å². The third kappa shape index (κ3) is 2.67. The van der Waals surface area contributed by atoms with Crippen LogP contribution in [-0.2, 0) is 14.4 Å². The normalized spacial score (nSPS) is 47.2. The Kier molecular flexibility index (Phi) is 5.57. The SMILES string of the molecule is CC(=O)[C@@]1(O)[C@@H](Br)C[C@H]2[C@@H]3CCC4=CC(=O)CC[C@]4(C)[C@H]3C(=O)C[C@@]21C.CO. The molecule has 0 spiro atoms. The van der Waals surface area contributed by atoms with Gasteiger partial charge in [-0.2, -0.15) is 0 Å². The van der Waals surface area contributed by atoms with E-state index in [9.17, 15) is 19.5 Å².